The largest absolute Gasteiger partial charge is 0.356 e. The maximum absolute atomic E-state index is 4.19. The molecule has 1 N–H and O–H groups in total. The van der Waals surface area contributed by atoms with Crippen LogP contribution in [0.15, 0.2) is 4.99 Å². The van der Waals surface area contributed by atoms with Crippen molar-refractivity contribution in [3.63, 3.8) is 0 Å². The summed E-state index contributed by atoms with van der Waals surface area (Å²) in [5.74, 6) is 1.99. The van der Waals surface area contributed by atoms with Gasteiger partial charge in [-0.25, -0.2) is 0 Å². The molecule has 0 aromatic heterocycles. The van der Waals surface area contributed by atoms with Gasteiger partial charge in [0.25, 0.3) is 0 Å². The summed E-state index contributed by atoms with van der Waals surface area (Å²) in [6, 6.07) is 0. The van der Waals surface area contributed by atoms with E-state index in [1.807, 2.05) is 26.0 Å². The molecule has 0 bridgehead atoms. The summed E-state index contributed by atoms with van der Waals surface area (Å²) in [6.45, 7) is 1.06. The average Bonchev–Trinajstić information content (AvgIpc) is 2.70. The zero-order valence-corrected chi connectivity index (χ0v) is 10.4. The molecule has 3 nitrogen and oxygen atoms in total. The Labute approximate surface area is 94.0 Å². The molecule has 0 spiro atoms. The standard InChI is InChI=1S/C12H25N3/c1-13-12(15(2)3)14-10-6-9-11-7-4-5-8-11/h11H,4-10H2,1-3H3,(H,13,14). The fraction of sp³-hybridized carbons (Fsp3) is 0.917. The molecule has 0 amide bonds. The summed E-state index contributed by atoms with van der Waals surface area (Å²) in [5.41, 5.74) is 0. The van der Waals surface area contributed by atoms with E-state index >= 15 is 0 Å². The van der Waals surface area contributed by atoms with Gasteiger partial charge >= 0.3 is 0 Å². The van der Waals surface area contributed by atoms with Crippen molar-refractivity contribution in [1.82, 2.24) is 10.2 Å². The number of rotatable bonds is 4. The fourth-order valence-corrected chi connectivity index (χ4v) is 2.33. The molecule has 1 fully saturated rings. The van der Waals surface area contributed by atoms with E-state index in [1.54, 1.807) is 0 Å². The molecule has 15 heavy (non-hydrogen) atoms. The minimum Gasteiger partial charge on any atom is -0.356 e. The molecule has 1 aliphatic rings. The number of aliphatic imine (C=N–C) groups is 1. The zero-order valence-electron chi connectivity index (χ0n) is 10.4. The monoisotopic (exact) mass is 211 g/mol. The van der Waals surface area contributed by atoms with Crippen molar-refractivity contribution in [2.24, 2.45) is 10.9 Å². The number of hydrogen-bond acceptors (Lipinski definition) is 1. The minimum atomic E-state index is 0.987. The van der Waals surface area contributed by atoms with Crippen LogP contribution in [0.1, 0.15) is 38.5 Å². The van der Waals surface area contributed by atoms with E-state index in [9.17, 15) is 0 Å². The third kappa shape index (κ3) is 4.54. The first-order valence-electron chi connectivity index (χ1n) is 6.12. The van der Waals surface area contributed by atoms with Gasteiger partial charge in [0.2, 0.25) is 0 Å². The molecular formula is C12H25N3. The van der Waals surface area contributed by atoms with Gasteiger partial charge in [-0.2, -0.15) is 0 Å². The first-order valence-corrected chi connectivity index (χ1v) is 6.12. The number of hydrogen-bond donors (Lipinski definition) is 1. The van der Waals surface area contributed by atoms with Crippen LogP contribution in [0.3, 0.4) is 0 Å². The molecule has 0 aliphatic heterocycles. The molecule has 0 saturated heterocycles. The Morgan fingerprint density at radius 1 is 1.33 bits per heavy atom. The van der Waals surface area contributed by atoms with Crippen molar-refractivity contribution in [2.45, 2.75) is 38.5 Å². The molecule has 1 saturated carbocycles. The Bertz CT molecular complexity index is 193. The van der Waals surface area contributed by atoms with Crippen LogP contribution >= 0.6 is 0 Å². The second kappa shape index (κ2) is 6.70. The summed E-state index contributed by atoms with van der Waals surface area (Å²) >= 11 is 0. The average molecular weight is 211 g/mol. The van der Waals surface area contributed by atoms with Gasteiger partial charge in [-0.15, -0.1) is 0 Å². The quantitative estimate of drug-likeness (QED) is 0.438. The molecule has 88 valence electrons. The molecule has 0 atom stereocenters. The lowest BCUT2D eigenvalue weighted by molar-refractivity contribution is 0.477. The predicted octanol–water partition coefficient (Wildman–Crippen LogP) is 2.09. The lowest BCUT2D eigenvalue weighted by Crippen LogP contribution is -2.36. The summed E-state index contributed by atoms with van der Waals surface area (Å²) in [6.07, 6.45) is 8.49. The summed E-state index contributed by atoms with van der Waals surface area (Å²) < 4.78 is 0. The third-order valence-corrected chi connectivity index (χ3v) is 3.18. The Morgan fingerprint density at radius 2 is 2.00 bits per heavy atom. The molecule has 1 rings (SSSR count). The van der Waals surface area contributed by atoms with Crippen LogP contribution in [0.4, 0.5) is 0 Å². The molecule has 0 aromatic rings. The Balaban J connectivity index is 2.05. The van der Waals surface area contributed by atoms with Gasteiger partial charge in [0.05, 0.1) is 0 Å². The summed E-state index contributed by atoms with van der Waals surface area (Å²) in [5, 5.41) is 3.37. The maximum atomic E-state index is 4.19. The maximum Gasteiger partial charge on any atom is 0.193 e. The molecular weight excluding hydrogens is 186 g/mol. The highest BCUT2D eigenvalue weighted by Crippen LogP contribution is 2.28. The lowest BCUT2D eigenvalue weighted by Gasteiger charge is -2.17. The van der Waals surface area contributed by atoms with Crippen LogP contribution in [0.5, 0.6) is 0 Å². The zero-order chi connectivity index (χ0) is 11.1. The van der Waals surface area contributed by atoms with Crippen LogP contribution < -0.4 is 5.32 Å². The van der Waals surface area contributed by atoms with E-state index in [0.29, 0.717) is 0 Å². The van der Waals surface area contributed by atoms with Gasteiger partial charge in [0.1, 0.15) is 0 Å². The number of guanidine groups is 1. The number of nitrogens with zero attached hydrogens (tertiary/aromatic N) is 2. The second-order valence-electron chi connectivity index (χ2n) is 4.66. The van der Waals surface area contributed by atoms with Crippen molar-refractivity contribution in [2.75, 3.05) is 27.7 Å². The number of nitrogens with one attached hydrogen (secondary N) is 1. The van der Waals surface area contributed by atoms with E-state index < -0.39 is 0 Å². The van der Waals surface area contributed by atoms with Crippen molar-refractivity contribution in [3.8, 4) is 0 Å². The van der Waals surface area contributed by atoms with E-state index in [4.69, 9.17) is 0 Å². The van der Waals surface area contributed by atoms with Crippen molar-refractivity contribution < 1.29 is 0 Å². The third-order valence-electron chi connectivity index (χ3n) is 3.18. The van der Waals surface area contributed by atoms with Crippen LogP contribution in [0.25, 0.3) is 0 Å². The van der Waals surface area contributed by atoms with E-state index in [1.165, 1.54) is 38.5 Å². The van der Waals surface area contributed by atoms with Gasteiger partial charge in [-0.3, -0.25) is 4.99 Å². The molecule has 0 heterocycles. The highest BCUT2D eigenvalue weighted by molar-refractivity contribution is 5.79. The van der Waals surface area contributed by atoms with Gasteiger partial charge in [0, 0.05) is 27.7 Å². The van der Waals surface area contributed by atoms with Crippen molar-refractivity contribution in [3.05, 3.63) is 0 Å². The van der Waals surface area contributed by atoms with E-state index in [0.717, 1.165) is 18.4 Å². The Morgan fingerprint density at radius 3 is 2.53 bits per heavy atom. The molecule has 0 unspecified atom stereocenters. The minimum absolute atomic E-state index is 0.987. The molecule has 0 radical (unpaired) electrons. The highest BCUT2D eigenvalue weighted by Gasteiger charge is 2.13. The van der Waals surface area contributed by atoms with Gasteiger partial charge < -0.3 is 10.2 Å². The van der Waals surface area contributed by atoms with Crippen LogP contribution in [-0.4, -0.2) is 38.5 Å². The normalized spacial score (nSPS) is 18.2. The van der Waals surface area contributed by atoms with E-state index in [-0.39, 0.29) is 0 Å². The first kappa shape index (κ1) is 12.3. The Hall–Kier alpha value is -0.730. The molecule has 0 aromatic carbocycles. The lowest BCUT2D eigenvalue weighted by atomic mass is 10.0. The first-order chi connectivity index (χ1) is 7.24. The van der Waals surface area contributed by atoms with Crippen molar-refractivity contribution >= 4 is 5.96 Å². The SMILES string of the molecule is CN=C(NCCCC1CCCC1)N(C)C. The molecule has 1 aliphatic carbocycles. The van der Waals surface area contributed by atoms with Gasteiger partial charge in [-0.1, -0.05) is 25.7 Å². The topological polar surface area (TPSA) is 27.6 Å². The highest BCUT2D eigenvalue weighted by atomic mass is 15.3. The van der Waals surface area contributed by atoms with Crippen molar-refractivity contribution in [1.29, 1.82) is 0 Å². The summed E-state index contributed by atoms with van der Waals surface area (Å²) in [4.78, 5) is 6.21. The Kier molecular flexibility index (Phi) is 5.51. The van der Waals surface area contributed by atoms with Crippen LogP contribution in [-0.2, 0) is 0 Å². The summed E-state index contributed by atoms with van der Waals surface area (Å²) in [7, 11) is 5.87. The smallest absolute Gasteiger partial charge is 0.193 e. The van der Waals surface area contributed by atoms with Gasteiger partial charge in [0.15, 0.2) is 5.96 Å². The molecule has 3 heteroatoms. The van der Waals surface area contributed by atoms with E-state index in [2.05, 4.69) is 10.3 Å². The fourth-order valence-electron chi connectivity index (χ4n) is 2.33. The van der Waals surface area contributed by atoms with Crippen LogP contribution in [0, 0.1) is 5.92 Å². The van der Waals surface area contributed by atoms with Gasteiger partial charge in [-0.05, 0) is 18.8 Å². The predicted molar refractivity (Wildman–Crippen MR) is 66.2 cm³/mol. The van der Waals surface area contributed by atoms with Crippen LogP contribution in [0.2, 0.25) is 0 Å². The second-order valence-corrected chi connectivity index (χ2v) is 4.66.